The van der Waals surface area contributed by atoms with Gasteiger partial charge in [-0.05, 0) is 45.1 Å². The van der Waals surface area contributed by atoms with Gasteiger partial charge in [0.05, 0.1) is 18.9 Å². The molecule has 1 aromatic heterocycles. The van der Waals surface area contributed by atoms with Gasteiger partial charge in [-0.2, -0.15) is 0 Å². The maximum atomic E-state index is 16.1. The molecule has 1 N–H and O–H groups in total. The number of morpholine rings is 1. The molecule has 1 saturated heterocycles. The zero-order valence-corrected chi connectivity index (χ0v) is 17.5. The molecule has 5 nitrogen and oxygen atoms in total. The van der Waals surface area contributed by atoms with Crippen LogP contribution in [0.2, 0.25) is 0 Å². The Hall–Kier alpha value is -1.37. The summed E-state index contributed by atoms with van der Waals surface area (Å²) in [5, 5.41) is 10.6. The molecule has 1 aliphatic heterocycles. The number of ketones is 1. The highest BCUT2D eigenvalue weighted by Crippen LogP contribution is 2.47. The Bertz CT molecular complexity index is 741. The van der Waals surface area contributed by atoms with E-state index >= 15 is 4.39 Å². The van der Waals surface area contributed by atoms with E-state index in [1.807, 2.05) is 0 Å². The fraction of sp³-hybridized carbons (Fsp3) is 0.739. The van der Waals surface area contributed by atoms with Crippen molar-refractivity contribution in [1.29, 1.82) is 0 Å². The van der Waals surface area contributed by atoms with E-state index in [2.05, 4.69) is 9.88 Å². The van der Waals surface area contributed by atoms with Crippen LogP contribution in [0.5, 0.6) is 0 Å². The lowest BCUT2D eigenvalue weighted by Gasteiger charge is -2.48. The molecule has 6 heteroatoms. The lowest BCUT2D eigenvalue weighted by Crippen LogP contribution is -2.55. The number of carbonyl (C=O) groups is 1. The Morgan fingerprint density at radius 2 is 1.93 bits per heavy atom. The summed E-state index contributed by atoms with van der Waals surface area (Å²) < 4.78 is 21.6. The van der Waals surface area contributed by atoms with E-state index < -0.39 is 11.3 Å². The summed E-state index contributed by atoms with van der Waals surface area (Å²) >= 11 is 0. The number of rotatable bonds is 5. The molecule has 4 rings (SSSR count). The summed E-state index contributed by atoms with van der Waals surface area (Å²) in [5.74, 6) is -0.361. The van der Waals surface area contributed by atoms with Crippen LogP contribution in [0.4, 0.5) is 4.39 Å². The smallest absolute Gasteiger partial charge is 0.195 e. The molecule has 2 aliphatic carbocycles. The summed E-state index contributed by atoms with van der Waals surface area (Å²) in [5.41, 5.74) is -2.68. The van der Waals surface area contributed by atoms with Gasteiger partial charge in [-0.25, -0.2) is 4.39 Å². The molecule has 2 atom stereocenters. The lowest BCUT2D eigenvalue weighted by atomic mass is 9.71. The third-order valence-corrected chi connectivity index (χ3v) is 7.43. The van der Waals surface area contributed by atoms with Crippen molar-refractivity contribution in [2.45, 2.75) is 81.5 Å². The van der Waals surface area contributed by atoms with Crippen LogP contribution < -0.4 is 0 Å². The van der Waals surface area contributed by atoms with E-state index in [9.17, 15) is 9.90 Å². The second-order valence-corrected chi connectivity index (χ2v) is 9.28. The fourth-order valence-electron chi connectivity index (χ4n) is 5.63. The van der Waals surface area contributed by atoms with Crippen LogP contribution in [-0.2, 0) is 20.8 Å². The summed E-state index contributed by atoms with van der Waals surface area (Å²) in [6.45, 7) is 4.90. The summed E-state index contributed by atoms with van der Waals surface area (Å²) in [7, 11) is 0. The molecule has 29 heavy (non-hydrogen) atoms. The first-order valence-corrected chi connectivity index (χ1v) is 11.1. The van der Waals surface area contributed by atoms with Crippen molar-refractivity contribution in [2.24, 2.45) is 0 Å². The van der Waals surface area contributed by atoms with E-state index in [1.165, 1.54) is 19.3 Å². The first-order valence-electron chi connectivity index (χ1n) is 11.1. The van der Waals surface area contributed by atoms with Crippen LogP contribution in [0.15, 0.2) is 18.3 Å². The van der Waals surface area contributed by atoms with Crippen molar-refractivity contribution in [2.75, 3.05) is 26.3 Å². The van der Waals surface area contributed by atoms with Gasteiger partial charge in [0.15, 0.2) is 11.5 Å². The predicted molar refractivity (Wildman–Crippen MR) is 108 cm³/mol. The number of aliphatic hydroxyl groups is 1. The number of carbonyl (C=O) groups excluding carboxylic acids is 1. The Labute approximate surface area is 172 Å². The fourth-order valence-corrected chi connectivity index (χ4v) is 5.63. The minimum atomic E-state index is -2.05. The monoisotopic (exact) mass is 404 g/mol. The van der Waals surface area contributed by atoms with Gasteiger partial charge in [0.1, 0.15) is 5.60 Å². The third-order valence-electron chi connectivity index (χ3n) is 7.43. The molecule has 1 aromatic rings. The molecule has 2 heterocycles. The van der Waals surface area contributed by atoms with Crippen molar-refractivity contribution in [1.82, 2.24) is 9.88 Å². The van der Waals surface area contributed by atoms with Gasteiger partial charge < -0.3 is 9.84 Å². The molecule has 0 amide bonds. The lowest BCUT2D eigenvalue weighted by molar-refractivity contribution is -0.135. The van der Waals surface area contributed by atoms with E-state index in [0.717, 1.165) is 39.1 Å². The van der Waals surface area contributed by atoms with Crippen molar-refractivity contribution in [3.05, 3.63) is 29.6 Å². The van der Waals surface area contributed by atoms with Gasteiger partial charge >= 0.3 is 0 Å². The number of aromatic nitrogens is 1. The quantitative estimate of drug-likeness (QED) is 0.812. The topological polar surface area (TPSA) is 62.7 Å². The molecule has 0 bridgehead atoms. The molecule has 160 valence electrons. The standard InChI is InChI=1S/C23H33FN2O3/c1-21(28)11-12-23(24,18-6-5-13-25-20(18)21)19(27)7-10-22(8-3-2-4-9-22)26-14-16-29-17-15-26/h5-6,13,28H,2-4,7-12,14-17H2,1H3/t21-,23+/m1/s1. The highest BCUT2D eigenvalue weighted by molar-refractivity contribution is 5.89. The van der Waals surface area contributed by atoms with Crippen molar-refractivity contribution in [3.63, 3.8) is 0 Å². The van der Waals surface area contributed by atoms with Crippen LogP contribution in [-0.4, -0.2) is 52.6 Å². The predicted octanol–water partition coefficient (Wildman–Crippen LogP) is 3.63. The zero-order valence-electron chi connectivity index (χ0n) is 17.5. The maximum Gasteiger partial charge on any atom is 0.195 e. The number of hydrogen-bond donors (Lipinski definition) is 1. The number of hydrogen-bond acceptors (Lipinski definition) is 5. The first-order chi connectivity index (χ1) is 13.9. The Balaban J connectivity index is 1.54. The van der Waals surface area contributed by atoms with Crippen LogP contribution in [0.3, 0.4) is 0 Å². The average Bonchev–Trinajstić information content (AvgIpc) is 2.76. The molecule has 0 radical (unpaired) electrons. The van der Waals surface area contributed by atoms with Crippen molar-refractivity contribution >= 4 is 5.78 Å². The molecular weight excluding hydrogens is 371 g/mol. The van der Waals surface area contributed by atoms with Crippen LogP contribution in [0.1, 0.15) is 76.0 Å². The maximum absolute atomic E-state index is 16.1. The van der Waals surface area contributed by atoms with Crippen LogP contribution in [0.25, 0.3) is 0 Å². The number of Topliss-reactive ketones (excluding diaryl/α,β-unsaturated/α-hetero) is 1. The largest absolute Gasteiger partial charge is 0.384 e. The first kappa shape index (κ1) is 20.9. The molecule has 2 fully saturated rings. The van der Waals surface area contributed by atoms with E-state index in [0.29, 0.717) is 12.1 Å². The SMILES string of the molecule is C[C@@]1(O)CC[C@@](F)(C(=O)CCC2(N3CCOCC3)CCCCC2)c2cccnc21. The molecule has 1 saturated carbocycles. The third kappa shape index (κ3) is 3.87. The minimum Gasteiger partial charge on any atom is -0.384 e. The summed E-state index contributed by atoms with van der Waals surface area (Å²) in [6, 6.07) is 3.27. The zero-order chi connectivity index (χ0) is 20.5. The van der Waals surface area contributed by atoms with Crippen LogP contribution >= 0.6 is 0 Å². The van der Waals surface area contributed by atoms with Crippen molar-refractivity contribution in [3.8, 4) is 0 Å². The molecule has 0 aromatic carbocycles. The minimum absolute atomic E-state index is 0.00796. The van der Waals surface area contributed by atoms with E-state index in [1.54, 1.807) is 25.3 Å². The second kappa shape index (κ2) is 8.05. The Morgan fingerprint density at radius 1 is 1.21 bits per heavy atom. The van der Waals surface area contributed by atoms with Gasteiger partial charge in [0.25, 0.3) is 0 Å². The Kier molecular flexibility index (Phi) is 5.79. The molecular formula is C23H33FN2O3. The number of pyridine rings is 1. The van der Waals surface area contributed by atoms with E-state index in [-0.39, 0.29) is 36.1 Å². The number of fused-ring (bicyclic) bond motifs is 1. The Morgan fingerprint density at radius 3 is 2.66 bits per heavy atom. The number of ether oxygens (including phenoxy) is 1. The highest BCUT2D eigenvalue weighted by Gasteiger charge is 2.50. The van der Waals surface area contributed by atoms with Gasteiger partial charge in [0.2, 0.25) is 0 Å². The van der Waals surface area contributed by atoms with Gasteiger partial charge in [-0.3, -0.25) is 14.7 Å². The van der Waals surface area contributed by atoms with E-state index in [4.69, 9.17) is 4.74 Å². The summed E-state index contributed by atoms with van der Waals surface area (Å²) in [4.78, 5) is 20.0. The second-order valence-electron chi connectivity index (χ2n) is 9.28. The molecule has 0 unspecified atom stereocenters. The number of halogens is 1. The number of nitrogens with zero attached hydrogens (tertiary/aromatic N) is 2. The molecule has 3 aliphatic rings. The van der Waals surface area contributed by atoms with Gasteiger partial charge in [0, 0.05) is 36.8 Å². The van der Waals surface area contributed by atoms with Crippen LogP contribution in [0, 0.1) is 0 Å². The summed E-state index contributed by atoms with van der Waals surface area (Å²) in [6.07, 6.45) is 8.42. The normalized spacial score (nSPS) is 32.5. The van der Waals surface area contributed by atoms with Gasteiger partial charge in [-0.15, -0.1) is 0 Å². The molecule has 0 spiro atoms. The van der Waals surface area contributed by atoms with Crippen molar-refractivity contribution < 1.29 is 19.0 Å². The highest BCUT2D eigenvalue weighted by atomic mass is 19.1. The average molecular weight is 405 g/mol. The number of alkyl halides is 1. The van der Waals surface area contributed by atoms with Gasteiger partial charge in [-0.1, -0.05) is 25.3 Å².